The summed E-state index contributed by atoms with van der Waals surface area (Å²) in [6, 6.07) is 8.78. The minimum Gasteiger partial charge on any atom is -0.491 e. The van der Waals surface area contributed by atoms with E-state index in [4.69, 9.17) is 10.5 Å². The molecule has 0 bridgehead atoms. The van der Waals surface area contributed by atoms with E-state index in [2.05, 4.69) is 10.3 Å². The molecule has 0 saturated heterocycles. The molecule has 0 aliphatic rings. The Labute approximate surface area is 124 Å². The van der Waals surface area contributed by atoms with Crippen molar-refractivity contribution in [1.29, 1.82) is 0 Å². The second-order valence-corrected chi connectivity index (χ2v) is 5.07. The minimum absolute atomic E-state index is 0.0599. The van der Waals surface area contributed by atoms with Crippen molar-refractivity contribution in [2.45, 2.75) is 26.9 Å². The van der Waals surface area contributed by atoms with Gasteiger partial charge < -0.3 is 15.8 Å². The van der Waals surface area contributed by atoms with Crippen molar-refractivity contribution in [3.63, 3.8) is 0 Å². The van der Waals surface area contributed by atoms with Gasteiger partial charge in [-0.05, 0) is 50.6 Å². The fourth-order valence-corrected chi connectivity index (χ4v) is 1.81. The van der Waals surface area contributed by atoms with E-state index < -0.39 is 0 Å². The lowest BCUT2D eigenvalue weighted by Crippen LogP contribution is -2.14. The molecule has 0 radical (unpaired) electrons. The summed E-state index contributed by atoms with van der Waals surface area (Å²) in [5.41, 5.74) is 7.69. The lowest BCUT2D eigenvalue weighted by atomic mass is 10.2. The molecule has 2 rings (SSSR count). The Morgan fingerprint density at radius 3 is 2.76 bits per heavy atom. The third-order valence-electron chi connectivity index (χ3n) is 2.86. The fourth-order valence-electron chi connectivity index (χ4n) is 1.81. The normalized spacial score (nSPS) is 10.5. The molecule has 0 atom stereocenters. The molecule has 0 spiro atoms. The first kappa shape index (κ1) is 14.8. The molecule has 0 aliphatic carbocycles. The van der Waals surface area contributed by atoms with Crippen LogP contribution in [-0.4, -0.2) is 17.0 Å². The number of nitrogen functional groups attached to an aromatic ring is 1. The summed E-state index contributed by atoms with van der Waals surface area (Å²) < 4.78 is 5.58. The Kier molecular flexibility index (Phi) is 4.42. The maximum atomic E-state index is 12.2. The van der Waals surface area contributed by atoms with Crippen LogP contribution in [0.2, 0.25) is 0 Å². The number of hydrogen-bond donors (Lipinski definition) is 2. The van der Waals surface area contributed by atoms with Gasteiger partial charge in [0.05, 0.1) is 18.0 Å². The summed E-state index contributed by atoms with van der Waals surface area (Å²) in [4.78, 5) is 16.3. The van der Waals surface area contributed by atoms with E-state index in [9.17, 15) is 4.79 Å². The number of hydrogen-bond acceptors (Lipinski definition) is 4. The third kappa shape index (κ3) is 3.95. The summed E-state index contributed by atoms with van der Waals surface area (Å²) >= 11 is 0. The largest absolute Gasteiger partial charge is 0.491 e. The first-order chi connectivity index (χ1) is 9.95. The lowest BCUT2D eigenvalue weighted by molar-refractivity contribution is 0.102. The van der Waals surface area contributed by atoms with Gasteiger partial charge in [-0.3, -0.25) is 4.79 Å². The Hall–Kier alpha value is -2.56. The molecule has 1 aromatic carbocycles. The number of aryl methyl sites for hydroxylation is 1. The zero-order chi connectivity index (χ0) is 15.4. The first-order valence-electron chi connectivity index (χ1n) is 6.76. The monoisotopic (exact) mass is 285 g/mol. The second kappa shape index (κ2) is 6.26. The predicted molar refractivity (Wildman–Crippen MR) is 83.5 cm³/mol. The maximum absolute atomic E-state index is 12.2. The number of amides is 1. The topological polar surface area (TPSA) is 77.2 Å². The molecular formula is C16H19N3O2. The average molecular weight is 285 g/mol. The number of ether oxygens (including phenoxy) is 1. The number of benzene rings is 1. The second-order valence-electron chi connectivity index (χ2n) is 5.07. The van der Waals surface area contributed by atoms with Crippen molar-refractivity contribution in [2.24, 2.45) is 0 Å². The van der Waals surface area contributed by atoms with Crippen LogP contribution < -0.4 is 15.8 Å². The number of carbonyl (C=O) groups is 1. The molecule has 0 unspecified atom stereocenters. The fraction of sp³-hybridized carbons (Fsp3) is 0.250. The van der Waals surface area contributed by atoms with Gasteiger partial charge >= 0.3 is 0 Å². The quantitative estimate of drug-likeness (QED) is 0.905. The van der Waals surface area contributed by atoms with Crippen molar-refractivity contribution >= 4 is 17.4 Å². The summed E-state index contributed by atoms with van der Waals surface area (Å²) in [6.45, 7) is 5.74. The molecule has 5 heteroatoms. The molecule has 1 amide bonds. The van der Waals surface area contributed by atoms with Crippen molar-refractivity contribution in [1.82, 2.24) is 4.98 Å². The predicted octanol–water partition coefficient (Wildman–Crippen LogP) is 3.01. The highest BCUT2D eigenvalue weighted by atomic mass is 16.5. The maximum Gasteiger partial charge on any atom is 0.256 e. The molecule has 110 valence electrons. The highest BCUT2D eigenvalue weighted by molar-refractivity contribution is 6.04. The van der Waals surface area contributed by atoms with Gasteiger partial charge in [-0.2, -0.15) is 0 Å². The van der Waals surface area contributed by atoms with E-state index >= 15 is 0 Å². The molecule has 5 nitrogen and oxygen atoms in total. The third-order valence-corrected chi connectivity index (χ3v) is 2.86. The number of nitrogens with zero attached hydrogens (tertiary/aromatic N) is 1. The molecule has 0 saturated carbocycles. The van der Waals surface area contributed by atoms with Gasteiger partial charge in [0.25, 0.3) is 5.91 Å². The van der Waals surface area contributed by atoms with E-state index in [-0.39, 0.29) is 12.0 Å². The van der Waals surface area contributed by atoms with E-state index in [0.29, 0.717) is 22.8 Å². The average Bonchev–Trinajstić information content (AvgIpc) is 2.42. The van der Waals surface area contributed by atoms with E-state index in [1.807, 2.05) is 26.8 Å². The van der Waals surface area contributed by atoms with Crippen LogP contribution >= 0.6 is 0 Å². The highest BCUT2D eigenvalue weighted by Crippen LogP contribution is 2.17. The van der Waals surface area contributed by atoms with Gasteiger partial charge in [0.15, 0.2) is 0 Å². The molecule has 21 heavy (non-hydrogen) atoms. The van der Waals surface area contributed by atoms with Crippen LogP contribution in [0.25, 0.3) is 0 Å². The summed E-state index contributed by atoms with van der Waals surface area (Å²) in [5.74, 6) is 0.904. The molecule has 1 heterocycles. The summed E-state index contributed by atoms with van der Waals surface area (Å²) in [6.07, 6.45) is 1.59. The summed E-state index contributed by atoms with van der Waals surface area (Å²) in [5, 5.41) is 2.75. The Morgan fingerprint density at radius 1 is 1.33 bits per heavy atom. The molecule has 0 fully saturated rings. The van der Waals surface area contributed by atoms with Crippen LogP contribution in [0.4, 0.5) is 11.5 Å². The Bertz CT molecular complexity index is 654. The van der Waals surface area contributed by atoms with E-state index in [0.717, 1.165) is 5.56 Å². The number of aromatic nitrogens is 1. The van der Waals surface area contributed by atoms with Crippen LogP contribution in [0.1, 0.15) is 29.8 Å². The number of nitrogens with one attached hydrogen (secondary N) is 1. The van der Waals surface area contributed by atoms with Crippen LogP contribution in [0.15, 0.2) is 36.5 Å². The van der Waals surface area contributed by atoms with Gasteiger partial charge in [-0.15, -0.1) is 0 Å². The Balaban J connectivity index is 2.14. The number of carbonyl (C=O) groups excluding carboxylic acids is 1. The van der Waals surface area contributed by atoms with Crippen molar-refractivity contribution < 1.29 is 9.53 Å². The minimum atomic E-state index is -0.235. The molecule has 0 aliphatic heterocycles. The Morgan fingerprint density at radius 2 is 2.10 bits per heavy atom. The van der Waals surface area contributed by atoms with Crippen LogP contribution in [-0.2, 0) is 0 Å². The number of pyridine rings is 1. The van der Waals surface area contributed by atoms with Crippen LogP contribution in [0.3, 0.4) is 0 Å². The van der Waals surface area contributed by atoms with Crippen molar-refractivity contribution in [3.8, 4) is 5.75 Å². The first-order valence-corrected chi connectivity index (χ1v) is 6.76. The number of anilines is 2. The van der Waals surface area contributed by atoms with E-state index in [1.54, 1.807) is 24.3 Å². The van der Waals surface area contributed by atoms with Crippen molar-refractivity contribution in [2.75, 3.05) is 11.1 Å². The molecule has 1 aromatic heterocycles. The number of nitrogens with two attached hydrogens (primary N) is 1. The van der Waals surface area contributed by atoms with Crippen LogP contribution in [0.5, 0.6) is 5.75 Å². The molecule has 2 aromatic rings. The molecule has 3 N–H and O–H groups in total. The van der Waals surface area contributed by atoms with Gasteiger partial charge in [0, 0.05) is 5.56 Å². The molecular weight excluding hydrogens is 266 g/mol. The standard InChI is InChI=1S/C16H19N3O2/c1-10(2)21-13-6-4-5-12(8-13)16(20)19-15-7-11(3)14(17)9-18-15/h4-10H,17H2,1-3H3,(H,18,19,20). The SMILES string of the molecule is Cc1cc(NC(=O)c2cccc(OC(C)C)c2)ncc1N. The van der Waals surface area contributed by atoms with Gasteiger partial charge in [0.2, 0.25) is 0 Å². The van der Waals surface area contributed by atoms with Gasteiger partial charge in [0.1, 0.15) is 11.6 Å². The van der Waals surface area contributed by atoms with Gasteiger partial charge in [-0.1, -0.05) is 6.07 Å². The highest BCUT2D eigenvalue weighted by Gasteiger charge is 2.09. The number of rotatable bonds is 4. The van der Waals surface area contributed by atoms with E-state index in [1.165, 1.54) is 6.20 Å². The van der Waals surface area contributed by atoms with Gasteiger partial charge in [-0.25, -0.2) is 4.98 Å². The van der Waals surface area contributed by atoms with Crippen LogP contribution in [0, 0.1) is 6.92 Å². The zero-order valence-corrected chi connectivity index (χ0v) is 12.4. The lowest BCUT2D eigenvalue weighted by Gasteiger charge is -2.11. The van der Waals surface area contributed by atoms with Crippen molar-refractivity contribution in [3.05, 3.63) is 47.7 Å². The zero-order valence-electron chi connectivity index (χ0n) is 12.4. The smallest absolute Gasteiger partial charge is 0.256 e. The summed E-state index contributed by atoms with van der Waals surface area (Å²) in [7, 11) is 0.